The highest BCUT2D eigenvalue weighted by Gasteiger charge is 2.18. The van der Waals surface area contributed by atoms with Crippen LogP contribution in [0.5, 0.6) is 0 Å². The van der Waals surface area contributed by atoms with Gasteiger partial charge in [0.15, 0.2) is 0 Å². The van der Waals surface area contributed by atoms with Gasteiger partial charge >= 0.3 is 0 Å². The highest BCUT2D eigenvalue weighted by Crippen LogP contribution is 2.24. The topological polar surface area (TPSA) is 72.6 Å². The Kier molecular flexibility index (Phi) is 4.59. The smallest absolute Gasteiger partial charge is 0.258 e. The number of nitro benzene ring substituents is 1. The van der Waals surface area contributed by atoms with E-state index in [0.717, 1.165) is 0 Å². The average molecular weight is 289 g/mol. The molecule has 98 valence electrons. The molecule has 0 unspecified atom stereocenters. The number of nitro groups is 1. The number of nitrogens with zero attached hydrogens (tertiary/aromatic N) is 2. The first-order chi connectivity index (χ1) is 8.21. The quantitative estimate of drug-likeness (QED) is 0.487. The molecular formula is C11H13ClN2O3S. The van der Waals surface area contributed by atoms with Gasteiger partial charge in [-0.2, -0.15) is 4.40 Å². The largest absolute Gasteiger partial charge is 0.288 e. The third kappa shape index (κ3) is 3.89. The molecule has 1 aromatic rings. The molecule has 0 amide bonds. The number of hydrogen-bond acceptors (Lipinski definition) is 3. The van der Waals surface area contributed by atoms with Crippen LogP contribution in [0.25, 0.3) is 0 Å². The van der Waals surface area contributed by atoms with Crippen LogP contribution >= 0.6 is 11.6 Å². The second-order valence-electron chi connectivity index (χ2n) is 4.56. The molecule has 0 fully saturated rings. The van der Waals surface area contributed by atoms with Gasteiger partial charge in [0.2, 0.25) is 0 Å². The van der Waals surface area contributed by atoms with E-state index in [1.807, 2.05) is 0 Å². The minimum atomic E-state index is -1.39. The molecule has 0 radical (unpaired) electrons. The van der Waals surface area contributed by atoms with E-state index in [-0.39, 0.29) is 10.7 Å². The zero-order chi connectivity index (χ0) is 13.9. The number of hydrogen-bond donors (Lipinski definition) is 0. The number of benzene rings is 1. The molecule has 1 atom stereocenters. The third-order valence-electron chi connectivity index (χ3n) is 1.99. The van der Waals surface area contributed by atoms with Crippen LogP contribution in [0.1, 0.15) is 26.3 Å². The van der Waals surface area contributed by atoms with Crippen molar-refractivity contribution in [1.29, 1.82) is 0 Å². The molecule has 0 spiro atoms. The Morgan fingerprint density at radius 3 is 2.56 bits per heavy atom. The minimum absolute atomic E-state index is 0.0640. The molecule has 5 nitrogen and oxygen atoms in total. The van der Waals surface area contributed by atoms with Gasteiger partial charge in [-0.05, 0) is 26.8 Å². The first kappa shape index (κ1) is 14.8. The van der Waals surface area contributed by atoms with Crippen molar-refractivity contribution in [3.63, 3.8) is 0 Å². The van der Waals surface area contributed by atoms with Crippen molar-refractivity contribution in [1.82, 2.24) is 0 Å². The van der Waals surface area contributed by atoms with Crippen molar-refractivity contribution in [2.45, 2.75) is 25.5 Å². The van der Waals surface area contributed by atoms with Crippen molar-refractivity contribution < 1.29 is 9.13 Å². The van der Waals surface area contributed by atoms with Crippen molar-refractivity contribution in [2.75, 3.05) is 0 Å². The molecular weight excluding hydrogens is 276 g/mol. The third-order valence-corrected chi connectivity index (χ3v) is 3.65. The first-order valence-electron chi connectivity index (χ1n) is 5.12. The summed E-state index contributed by atoms with van der Waals surface area (Å²) in [6, 6.07) is 4.30. The van der Waals surface area contributed by atoms with E-state index >= 15 is 0 Å². The zero-order valence-electron chi connectivity index (χ0n) is 10.2. The van der Waals surface area contributed by atoms with Crippen LogP contribution in [0.4, 0.5) is 5.69 Å². The predicted octanol–water partition coefficient (Wildman–Crippen LogP) is 3.13. The molecule has 0 aliphatic carbocycles. The Bertz CT molecular complexity index is 524. The van der Waals surface area contributed by atoms with Gasteiger partial charge in [0.25, 0.3) is 5.69 Å². The van der Waals surface area contributed by atoms with E-state index in [9.17, 15) is 14.3 Å². The fourth-order valence-electron chi connectivity index (χ4n) is 1.02. The van der Waals surface area contributed by atoms with Crippen molar-refractivity contribution in [3.05, 3.63) is 38.9 Å². The molecule has 0 aliphatic rings. The molecule has 0 bridgehead atoms. The Balaban J connectivity index is 3.00. The number of halogens is 1. The summed E-state index contributed by atoms with van der Waals surface area (Å²) < 4.78 is 15.1. The Labute approximate surface area is 113 Å². The van der Waals surface area contributed by atoms with E-state index in [1.165, 1.54) is 18.3 Å². The summed E-state index contributed by atoms with van der Waals surface area (Å²) in [6.07, 6.45) is 1.35. The van der Waals surface area contributed by atoms with Crippen LogP contribution in [0.15, 0.2) is 22.6 Å². The molecule has 7 heteroatoms. The highest BCUT2D eigenvalue weighted by molar-refractivity contribution is 7.85. The van der Waals surface area contributed by atoms with E-state index in [2.05, 4.69) is 4.40 Å². The van der Waals surface area contributed by atoms with Gasteiger partial charge in [0.1, 0.15) is 16.0 Å². The Morgan fingerprint density at radius 2 is 2.06 bits per heavy atom. The maximum Gasteiger partial charge on any atom is 0.288 e. The lowest BCUT2D eigenvalue weighted by atomic mass is 10.2. The van der Waals surface area contributed by atoms with Crippen molar-refractivity contribution in [2.24, 2.45) is 4.40 Å². The molecule has 18 heavy (non-hydrogen) atoms. The Morgan fingerprint density at radius 1 is 1.44 bits per heavy atom. The van der Waals surface area contributed by atoms with Gasteiger partial charge in [0, 0.05) is 17.8 Å². The van der Waals surface area contributed by atoms with E-state index in [0.29, 0.717) is 5.56 Å². The fourth-order valence-corrected chi connectivity index (χ4v) is 1.74. The predicted molar refractivity (Wildman–Crippen MR) is 73.6 cm³/mol. The van der Waals surface area contributed by atoms with Gasteiger partial charge in [-0.15, -0.1) is 0 Å². The summed E-state index contributed by atoms with van der Waals surface area (Å²) in [6.45, 7) is 5.39. The zero-order valence-corrected chi connectivity index (χ0v) is 11.8. The van der Waals surface area contributed by atoms with Gasteiger partial charge in [0.05, 0.1) is 9.67 Å². The van der Waals surface area contributed by atoms with Crippen LogP contribution in [-0.4, -0.2) is 20.1 Å². The molecule has 0 N–H and O–H groups in total. The Hall–Kier alpha value is -1.27. The monoisotopic (exact) mass is 288 g/mol. The van der Waals surface area contributed by atoms with Crippen LogP contribution in [0.3, 0.4) is 0 Å². The summed E-state index contributed by atoms with van der Waals surface area (Å²) >= 11 is 5.68. The van der Waals surface area contributed by atoms with Gasteiger partial charge < -0.3 is 0 Å². The standard InChI is InChI=1S/C11H13ClN2O3S/c1-11(2,3)18(17)13-7-8-4-5-9(12)10(6-8)14(15)16/h4-7H,1-3H3/b13-7+/t18-/m1/s1. The number of rotatable bonds is 3. The molecule has 0 aromatic heterocycles. The maximum atomic E-state index is 11.7. The first-order valence-corrected chi connectivity index (χ1v) is 6.60. The molecule has 0 aliphatic heterocycles. The summed E-state index contributed by atoms with van der Waals surface area (Å²) in [7, 11) is -1.39. The van der Waals surface area contributed by atoms with Crippen LogP contribution in [0.2, 0.25) is 5.02 Å². The van der Waals surface area contributed by atoms with E-state index in [1.54, 1.807) is 26.8 Å². The molecule has 0 saturated carbocycles. The van der Waals surface area contributed by atoms with Gasteiger partial charge in [-0.3, -0.25) is 10.1 Å². The highest BCUT2D eigenvalue weighted by atomic mass is 35.5. The molecule has 0 heterocycles. The summed E-state index contributed by atoms with van der Waals surface area (Å²) in [5, 5.41) is 10.8. The van der Waals surface area contributed by atoms with Gasteiger partial charge in [-0.25, -0.2) is 4.21 Å². The normalized spacial score (nSPS) is 13.8. The van der Waals surface area contributed by atoms with Crippen LogP contribution in [0, 0.1) is 10.1 Å². The summed E-state index contributed by atoms with van der Waals surface area (Å²) in [4.78, 5) is 10.1. The van der Waals surface area contributed by atoms with E-state index < -0.39 is 20.7 Å². The lowest BCUT2D eigenvalue weighted by Gasteiger charge is -2.12. The minimum Gasteiger partial charge on any atom is -0.258 e. The van der Waals surface area contributed by atoms with Crippen molar-refractivity contribution in [3.8, 4) is 0 Å². The summed E-state index contributed by atoms with van der Waals surface area (Å²) in [5.41, 5.74) is 0.297. The summed E-state index contributed by atoms with van der Waals surface area (Å²) in [5.74, 6) is 0. The SMILES string of the molecule is CC(C)(C)[S@@](=O)/N=C/c1ccc(Cl)c([N+](=O)[O-])c1. The van der Waals surface area contributed by atoms with Gasteiger partial charge in [-0.1, -0.05) is 17.7 Å². The fraction of sp³-hybridized carbons (Fsp3) is 0.364. The van der Waals surface area contributed by atoms with E-state index in [4.69, 9.17) is 11.6 Å². The second-order valence-corrected chi connectivity index (χ2v) is 6.91. The van der Waals surface area contributed by atoms with Crippen LogP contribution < -0.4 is 0 Å². The lowest BCUT2D eigenvalue weighted by Crippen LogP contribution is -2.19. The van der Waals surface area contributed by atoms with Crippen LogP contribution in [-0.2, 0) is 11.0 Å². The average Bonchev–Trinajstić information content (AvgIpc) is 2.25. The molecule has 1 rings (SSSR count). The second kappa shape index (κ2) is 5.58. The maximum absolute atomic E-state index is 11.7. The lowest BCUT2D eigenvalue weighted by molar-refractivity contribution is -0.384. The van der Waals surface area contributed by atoms with Crippen molar-refractivity contribution >= 4 is 34.5 Å². The molecule has 1 aromatic carbocycles. The molecule has 0 saturated heterocycles.